The number of aromatic nitrogens is 2. The van der Waals surface area contributed by atoms with Crippen molar-refractivity contribution in [3.63, 3.8) is 0 Å². The van der Waals surface area contributed by atoms with Gasteiger partial charge in [-0.05, 0) is 6.92 Å². The Labute approximate surface area is 112 Å². The van der Waals surface area contributed by atoms with E-state index in [0.717, 1.165) is 16.3 Å². The second kappa shape index (κ2) is 4.85. The maximum atomic E-state index is 11.8. The van der Waals surface area contributed by atoms with Gasteiger partial charge in [0.25, 0.3) is 5.56 Å². The average Bonchev–Trinajstić information content (AvgIpc) is 2.71. The molecule has 2 rings (SSSR count). The molecular formula is C11H13N3O4S. The molecule has 1 aromatic rings. The minimum Gasteiger partial charge on any atom is -0.395 e. The Morgan fingerprint density at radius 2 is 2.37 bits per heavy atom. The number of hydrogen-bond donors (Lipinski definition) is 3. The molecule has 0 unspecified atom stereocenters. The molecule has 102 valence electrons. The molecule has 1 saturated heterocycles. The number of hydrogen-bond acceptors (Lipinski definition) is 6. The molecule has 0 aliphatic carbocycles. The van der Waals surface area contributed by atoms with Gasteiger partial charge in [0.05, 0.1) is 18.0 Å². The number of rotatable bonds is 2. The summed E-state index contributed by atoms with van der Waals surface area (Å²) < 4.78 is 1.12. The third-order valence-corrected chi connectivity index (χ3v) is 4.74. The summed E-state index contributed by atoms with van der Waals surface area (Å²) in [5, 5.41) is 27.8. The van der Waals surface area contributed by atoms with Crippen molar-refractivity contribution in [1.82, 2.24) is 9.55 Å². The maximum Gasteiger partial charge on any atom is 0.330 e. The largest absolute Gasteiger partial charge is 0.395 e. The van der Waals surface area contributed by atoms with E-state index in [1.165, 1.54) is 13.1 Å². The van der Waals surface area contributed by atoms with Gasteiger partial charge in [-0.1, -0.05) is 0 Å². The zero-order valence-electron chi connectivity index (χ0n) is 10.2. The molecule has 1 aromatic heterocycles. The molecule has 0 amide bonds. The van der Waals surface area contributed by atoms with Gasteiger partial charge in [0.1, 0.15) is 6.07 Å². The molecule has 0 aromatic carbocycles. The van der Waals surface area contributed by atoms with Crippen LogP contribution in [0.4, 0.5) is 0 Å². The van der Waals surface area contributed by atoms with E-state index in [9.17, 15) is 20.0 Å². The van der Waals surface area contributed by atoms with Crippen LogP contribution in [-0.4, -0.2) is 37.7 Å². The molecule has 1 aliphatic heterocycles. The van der Waals surface area contributed by atoms with E-state index in [4.69, 9.17) is 5.11 Å². The molecule has 0 spiro atoms. The third-order valence-electron chi connectivity index (χ3n) is 3.13. The van der Waals surface area contributed by atoms with Gasteiger partial charge in [-0.2, -0.15) is 5.26 Å². The number of H-pyrrole nitrogens is 1. The molecule has 19 heavy (non-hydrogen) atoms. The number of aromatic amines is 1. The van der Waals surface area contributed by atoms with E-state index in [1.54, 1.807) is 0 Å². The van der Waals surface area contributed by atoms with Gasteiger partial charge in [0, 0.05) is 18.2 Å². The summed E-state index contributed by atoms with van der Waals surface area (Å²) >= 11 is 1.03. The van der Waals surface area contributed by atoms with E-state index < -0.39 is 27.5 Å². The Bertz CT molecular complexity index is 647. The fourth-order valence-electron chi connectivity index (χ4n) is 2.07. The van der Waals surface area contributed by atoms with Gasteiger partial charge in [-0.3, -0.25) is 14.3 Å². The second-order valence-electron chi connectivity index (χ2n) is 4.45. The van der Waals surface area contributed by atoms with Crippen molar-refractivity contribution < 1.29 is 10.2 Å². The van der Waals surface area contributed by atoms with Gasteiger partial charge in [0.15, 0.2) is 4.87 Å². The van der Waals surface area contributed by atoms with Crippen LogP contribution in [0, 0.1) is 18.3 Å². The lowest BCUT2D eigenvalue weighted by Gasteiger charge is -2.22. The summed E-state index contributed by atoms with van der Waals surface area (Å²) in [7, 11) is 0. The fourth-order valence-corrected chi connectivity index (χ4v) is 3.46. The molecule has 0 bridgehead atoms. The molecule has 1 fully saturated rings. The highest BCUT2D eigenvalue weighted by atomic mass is 32.2. The Morgan fingerprint density at radius 3 is 2.89 bits per heavy atom. The summed E-state index contributed by atoms with van der Waals surface area (Å²) in [6, 6.07) is 2.01. The van der Waals surface area contributed by atoms with Crippen LogP contribution in [0.15, 0.2) is 15.8 Å². The lowest BCUT2D eigenvalue weighted by molar-refractivity contribution is 0.132. The molecule has 1 aliphatic rings. The molecule has 0 saturated carbocycles. The number of aliphatic hydroxyl groups is 2. The highest BCUT2D eigenvalue weighted by molar-refractivity contribution is 8.01. The predicted molar refractivity (Wildman–Crippen MR) is 68.7 cm³/mol. The lowest BCUT2D eigenvalue weighted by atomic mass is 10.1. The molecule has 7 nitrogen and oxygen atoms in total. The van der Waals surface area contributed by atoms with Crippen LogP contribution in [0.1, 0.15) is 12.0 Å². The molecule has 3 N–H and O–H groups in total. The van der Waals surface area contributed by atoms with Crippen molar-refractivity contribution in [2.24, 2.45) is 0 Å². The van der Waals surface area contributed by atoms with E-state index in [0.29, 0.717) is 5.56 Å². The van der Waals surface area contributed by atoms with E-state index in [2.05, 4.69) is 4.98 Å². The van der Waals surface area contributed by atoms with Crippen LogP contribution in [0.5, 0.6) is 0 Å². The summed E-state index contributed by atoms with van der Waals surface area (Å²) in [6.07, 6.45) is 0.447. The number of aliphatic hydroxyl groups excluding tert-OH is 2. The Hall–Kier alpha value is -1.56. The zero-order chi connectivity index (χ0) is 14.2. The summed E-state index contributed by atoms with van der Waals surface area (Å²) in [6.45, 7) is 1.24. The van der Waals surface area contributed by atoms with Gasteiger partial charge in [-0.25, -0.2) is 4.79 Å². The molecule has 2 heterocycles. The van der Waals surface area contributed by atoms with Crippen molar-refractivity contribution in [3.05, 3.63) is 32.6 Å². The number of thioether (sulfide) groups is 1. The maximum absolute atomic E-state index is 11.8. The van der Waals surface area contributed by atoms with Crippen molar-refractivity contribution >= 4 is 11.8 Å². The zero-order valence-corrected chi connectivity index (χ0v) is 11.0. The summed E-state index contributed by atoms with van der Waals surface area (Å²) in [4.78, 5) is 24.0. The molecule has 8 heteroatoms. The van der Waals surface area contributed by atoms with Crippen LogP contribution in [0.2, 0.25) is 0 Å². The fraction of sp³-hybridized carbons (Fsp3) is 0.545. The third kappa shape index (κ3) is 2.20. The molecule has 0 radical (unpaired) electrons. The van der Waals surface area contributed by atoms with Crippen LogP contribution < -0.4 is 11.2 Å². The standard InChI is InChI=1S/C11H13N3O4S/c1-6-3-14(10(18)13-9(6)17)11(5-12)2-7(16)8(4-15)19-11/h3,7-8,15-16H,2,4H2,1H3,(H,13,17,18)/t7-,8+,11-/m0/s1. The number of aryl methyl sites for hydroxylation is 1. The van der Waals surface area contributed by atoms with Crippen LogP contribution in [-0.2, 0) is 4.87 Å². The van der Waals surface area contributed by atoms with E-state index in [1.807, 2.05) is 6.07 Å². The van der Waals surface area contributed by atoms with Crippen LogP contribution in [0.3, 0.4) is 0 Å². The minimum atomic E-state index is -1.31. The normalized spacial score (nSPS) is 30.2. The summed E-state index contributed by atoms with van der Waals surface area (Å²) in [5.41, 5.74) is -0.899. The van der Waals surface area contributed by atoms with Crippen LogP contribution >= 0.6 is 11.8 Å². The SMILES string of the molecule is Cc1cn([C@@]2(C#N)C[C@H](O)[C@@H](CO)S2)c(=O)[nH]c1=O. The molecule has 3 atom stereocenters. The van der Waals surface area contributed by atoms with Crippen LogP contribution in [0.25, 0.3) is 0 Å². The topological polar surface area (TPSA) is 119 Å². The average molecular weight is 283 g/mol. The number of nitriles is 1. The van der Waals surface area contributed by atoms with Gasteiger partial charge in [0.2, 0.25) is 0 Å². The Balaban J connectivity index is 2.56. The Kier molecular flexibility index (Phi) is 3.54. The lowest BCUT2D eigenvalue weighted by Crippen LogP contribution is -2.41. The first-order chi connectivity index (χ1) is 8.93. The second-order valence-corrected chi connectivity index (χ2v) is 5.96. The number of nitrogens with one attached hydrogen (secondary N) is 1. The smallest absolute Gasteiger partial charge is 0.330 e. The highest BCUT2D eigenvalue weighted by Crippen LogP contribution is 2.45. The van der Waals surface area contributed by atoms with E-state index in [-0.39, 0.29) is 13.0 Å². The molecular weight excluding hydrogens is 270 g/mol. The van der Waals surface area contributed by atoms with Gasteiger partial charge < -0.3 is 10.2 Å². The van der Waals surface area contributed by atoms with Crippen molar-refractivity contribution in [3.8, 4) is 6.07 Å². The summed E-state index contributed by atoms with van der Waals surface area (Å²) in [5.74, 6) is 0. The number of nitrogens with zero attached hydrogens (tertiary/aromatic N) is 2. The quantitative estimate of drug-likeness (QED) is 0.632. The predicted octanol–water partition coefficient (Wildman–Crippen LogP) is -1.12. The first-order valence-electron chi connectivity index (χ1n) is 5.64. The van der Waals surface area contributed by atoms with Crippen molar-refractivity contribution in [2.75, 3.05) is 6.61 Å². The highest BCUT2D eigenvalue weighted by Gasteiger charge is 2.48. The Morgan fingerprint density at radius 1 is 1.68 bits per heavy atom. The van der Waals surface area contributed by atoms with Crippen molar-refractivity contribution in [1.29, 1.82) is 5.26 Å². The van der Waals surface area contributed by atoms with Crippen molar-refractivity contribution in [2.45, 2.75) is 29.6 Å². The monoisotopic (exact) mass is 283 g/mol. The van der Waals surface area contributed by atoms with E-state index >= 15 is 0 Å². The first-order valence-corrected chi connectivity index (χ1v) is 6.52. The minimum absolute atomic E-state index is 0.0186. The van der Waals surface area contributed by atoms with Gasteiger partial charge >= 0.3 is 5.69 Å². The first kappa shape index (κ1) is 13.9. The van der Waals surface area contributed by atoms with Gasteiger partial charge in [-0.15, -0.1) is 11.8 Å².